The maximum atomic E-state index is 12.3. The van der Waals surface area contributed by atoms with E-state index in [4.69, 9.17) is 4.74 Å². The number of nitrogens with one attached hydrogen (secondary N) is 2. The molecule has 0 heterocycles. The van der Waals surface area contributed by atoms with E-state index in [1.165, 1.54) is 12.1 Å². The third kappa shape index (κ3) is 8.99. The third-order valence-corrected chi connectivity index (χ3v) is 3.73. The van der Waals surface area contributed by atoms with Gasteiger partial charge >= 0.3 is 5.97 Å². The van der Waals surface area contributed by atoms with Gasteiger partial charge in [-0.25, -0.2) is 4.79 Å². The molecule has 1 aromatic carbocycles. The van der Waals surface area contributed by atoms with Gasteiger partial charge in [-0.15, -0.1) is 0 Å². The van der Waals surface area contributed by atoms with Crippen molar-refractivity contribution in [1.82, 2.24) is 10.6 Å². The van der Waals surface area contributed by atoms with Crippen LogP contribution in [-0.2, 0) is 9.53 Å². The van der Waals surface area contributed by atoms with Gasteiger partial charge < -0.3 is 20.5 Å². The van der Waals surface area contributed by atoms with E-state index < -0.39 is 17.9 Å². The van der Waals surface area contributed by atoms with Crippen LogP contribution in [-0.4, -0.2) is 47.7 Å². The zero-order chi connectivity index (χ0) is 21.5. The second kappa shape index (κ2) is 9.68. The first-order chi connectivity index (χ1) is 12.8. The number of hydrogen-bond donors (Lipinski definition) is 3. The van der Waals surface area contributed by atoms with Crippen LogP contribution in [0.2, 0.25) is 0 Å². The minimum Gasteiger partial charge on any atom is -0.480 e. The second-order valence-corrected chi connectivity index (χ2v) is 8.93. The Morgan fingerprint density at radius 1 is 0.964 bits per heavy atom. The molecule has 1 rings (SSSR count). The smallest absolute Gasteiger partial charge is 0.326 e. The van der Waals surface area contributed by atoms with Crippen molar-refractivity contribution >= 4 is 17.8 Å². The van der Waals surface area contributed by atoms with Gasteiger partial charge in [0.25, 0.3) is 11.8 Å². The van der Waals surface area contributed by atoms with Gasteiger partial charge in [-0.3, -0.25) is 9.59 Å². The Kier molecular flexibility index (Phi) is 8.17. The summed E-state index contributed by atoms with van der Waals surface area (Å²) in [6.07, 6.45) is 0.158. The van der Waals surface area contributed by atoms with Gasteiger partial charge in [-0.05, 0) is 50.5 Å². The van der Waals surface area contributed by atoms with Crippen LogP contribution in [0.1, 0.15) is 68.7 Å². The lowest BCUT2D eigenvalue weighted by Crippen LogP contribution is -2.42. The van der Waals surface area contributed by atoms with E-state index in [0.717, 1.165) is 0 Å². The maximum absolute atomic E-state index is 12.3. The highest BCUT2D eigenvalue weighted by Gasteiger charge is 2.22. The molecular weight excluding hydrogens is 360 g/mol. The number of carboxylic acids is 1. The first-order valence-corrected chi connectivity index (χ1v) is 9.34. The van der Waals surface area contributed by atoms with Crippen LogP contribution >= 0.6 is 0 Å². The van der Waals surface area contributed by atoms with E-state index >= 15 is 0 Å². The molecule has 1 unspecified atom stereocenters. The Bertz CT molecular complexity index is 684. The number of benzene rings is 1. The number of carbonyl (C=O) groups excluding carboxylic acids is 2. The van der Waals surface area contributed by atoms with Gasteiger partial charge in [0, 0.05) is 30.7 Å². The summed E-state index contributed by atoms with van der Waals surface area (Å²) in [6, 6.07) is 5.05. The molecular formula is C21H32N2O5. The van der Waals surface area contributed by atoms with Gasteiger partial charge in [0.05, 0.1) is 5.60 Å². The van der Waals surface area contributed by atoms with Crippen LogP contribution in [0.5, 0.6) is 0 Å². The van der Waals surface area contributed by atoms with E-state index in [2.05, 4.69) is 10.6 Å². The maximum Gasteiger partial charge on any atom is 0.326 e. The fourth-order valence-electron chi connectivity index (χ4n) is 2.20. The van der Waals surface area contributed by atoms with E-state index in [1.807, 2.05) is 41.5 Å². The topological polar surface area (TPSA) is 105 Å². The van der Waals surface area contributed by atoms with Crippen molar-refractivity contribution in [2.24, 2.45) is 5.41 Å². The van der Waals surface area contributed by atoms with Crippen LogP contribution in [0.15, 0.2) is 24.3 Å². The second-order valence-electron chi connectivity index (χ2n) is 8.93. The Hall–Kier alpha value is -2.41. The average molecular weight is 392 g/mol. The van der Waals surface area contributed by atoms with Crippen molar-refractivity contribution in [3.05, 3.63) is 35.4 Å². The lowest BCUT2D eigenvalue weighted by atomic mass is 9.97. The highest BCUT2D eigenvalue weighted by molar-refractivity contribution is 5.99. The summed E-state index contributed by atoms with van der Waals surface area (Å²) in [4.78, 5) is 35.9. The molecule has 7 nitrogen and oxygen atoms in total. The van der Waals surface area contributed by atoms with Crippen LogP contribution < -0.4 is 10.6 Å². The van der Waals surface area contributed by atoms with Gasteiger partial charge in [-0.1, -0.05) is 20.8 Å². The largest absolute Gasteiger partial charge is 0.480 e. The summed E-state index contributed by atoms with van der Waals surface area (Å²) in [7, 11) is 0. The fourth-order valence-corrected chi connectivity index (χ4v) is 2.20. The first kappa shape index (κ1) is 23.6. The molecule has 0 bridgehead atoms. The molecule has 0 aliphatic rings. The Balaban J connectivity index is 2.67. The predicted octanol–water partition coefficient (Wildman–Crippen LogP) is 2.85. The number of rotatable bonds is 8. The number of aliphatic carboxylic acids is 1. The van der Waals surface area contributed by atoms with Crippen LogP contribution in [0, 0.1) is 5.41 Å². The van der Waals surface area contributed by atoms with Crippen molar-refractivity contribution in [3.8, 4) is 0 Å². The molecule has 1 atom stereocenters. The molecule has 0 saturated carbocycles. The summed E-state index contributed by atoms with van der Waals surface area (Å²) < 4.78 is 5.53. The molecule has 0 aromatic heterocycles. The summed E-state index contributed by atoms with van der Waals surface area (Å²) in [5.41, 5.74) is 0.318. The number of ether oxygens (including phenoxy) is 1. The first-order valence-electron chi connectivity index (χ1n) is 9.34. The van der Waals surface area contributed by atoms with E-state index in [-0.39, 0.29) is 35.5 Å². The molecule has 7 heteroatoms. The Morgan fingerprint density at radius 2 is 1.46 bits per heavy atom. The molecule has 1 aromatic rings. The number of amides is 2. The molecule has 156 valence electrons. The molecule has 0 saturated heterocycles. The van der Waals surface area contributed by atoms with E-state index in [0.29, 0.717) is 12.1 Å². The highest BCUT2D eigenvalue weighted by Crippen LogP contribution is 2.12. The molecule has 28 heavy (non-hydrogen) atoms. The van der Waals surface area contributed by atoms with Gasteiger partial charge in [0.1, 0.15) is 6.04 Å². The minimum absolute atomic E-state index is 0.0297. The number of carboxylic acid groups (broad SMARTS) is 1. The fraction of sp³-hybridized carbons (Fsp3) is 0.571. The molecule has 0 aliphatic heterocycles. The molecule has 3 N–H and O–H groups in total. The van der Waals surface area contributed by atoms with E-state index in [9.17, 15) is 19.5 Å². The lowest BCUT2D eigenvalue weighted by molar-refractivity contribution is -0.140. The van der Waals surface area contributed by atoms with Crippen molar-refractivity contribution in [2.75, 3.05) is 13.2 Å². The van der Waals surface area contributed by atoms with Crippen molar-refractivity contribution in [2.45, 2.75) is 59.6 Å². The monoisotopic (exact) mass is 392 g/mol. The van der Waals surface area contributed by atoms with Gasteiger partial charge in [-0.2, -0.15) is 0 Å². The third-order valence-electron chi connectivity index (χ3n) is 3.73. The van der Waals surface area contributed by atoms with Crippen LogP contribution in [0.3, 0.4) is 0 Å². The molecule has 0 spiro atoms. The van der Waals surface area contributed by atoms with Crippen LogP contribution in [0.4, 0.5) is 0 Å². The Morgan fingerprint density at radius 3 is 1.89 bits per heavy atom. The van der Waals surface area contributed by atoms with Crippen molar-refractivity contribution in [3.63, 3.8) is 0 Å². The molecule has 0 radical (unpaired) electrons. The number of hydrogen-bond acceptors (Lipinski definition) is 4. The standard InChI is InChI=1S/C21H32N2O5/c1-20(2,3)13-22-17(24)14-7-9-15(10-8-14)18(25)23-16(19(26)27)11-12-28-21(4,5)6/h7-10,16H,11-13H2,1-6H3,(H,22,24)(H,23,25)(H,26,27). The lowest BCUT2D eigenvalue weighted by Gasteiger charge is -2.21. The van der Waals surface area contributed by atoms with E-state index in [1.54, 1.807) is 12.1 Å². The quantitative estimate of drug-likeness (QED) is 0.631. The minimum atomic E-state index is -1.12. The summed E-state index contributed by atoms with van der Waals surface area (Å²) >= 11 is 0. The van der Waals surface area contributed by atoms with Crippen LogP contribution in [0.25, 0.3) is 0 Å². The van der Waals surface area contributed by atoms with Crippen molar-refractivity contribution < 1.29 is 24.2 Å². The normalized spacial score (nSPS) is 12.9. The number of carbonyl (C=O) groups is 3. The van der Waals surface area contributed by atoms with Gasteiger partial charge in [0.2, 0.25) is 0 Å². The molecule has 0 fully saturated rings. The average Bonchev–Trinajstić information content (AvgIpc) is 2.57. The summed E-state index contributed by atoms with van der Waals surface area (Å²) in [5.74, 6) is -1.85. The summed E-state index contributed by atoms with van der Waals surface area (Å²) in [5, 5.41) is 14.6. The molecule has 2 amide bonds. The SMILES string of the molecule is CC(C)(C)CNC(=O)c1ccc(C(=O)NC(CCOC(C)(C)C)C(=O)O)cc1. The molecule has 0 aliphatic carbocycles. The van der Waals surface area contributed by atoms with Gasteiger partial charge in [0.15, 0.2) is 0 Å². The zero-order valence-electron chi connectivity index (χ0n) is 17.6. The van der Waals surface area contributed by atoms with Crippen molar-refractivity contribution in [1.29, 1.82) is 0 Å². The Labute approximate surface area is 166 Å². The highest BCUT2D eigenvalue weighted by atomic mass is 16.5. The summed E-state index contributed by atoms with van der Waals surface area (Å²) in [6.45, 7) is 12.4. The predicted molar refractivity (Wildman–Crippen MR) is 107 cm³/mol. The zero-order valence-corrected chi connectivity index (χ0v) is 17.6.